The van der Waals surface area contributed by atoms with Crippen LogP contribution < -0.4 is 15.4 Å². The molecule has 7 heteroatoms. The zero-order valence-corrected chi connectivity index (χ0v) is 15.0. The number of anilines is 4. The third-order valence-corrected chi connectivity index (χ3v) is 3.86. The highest BCUT2D eigenvalue weighted by Crippen LogP contribution is 2.29. The number of aromatic nitrogens is 2. The van der Waals surface area contributed by atoms with E-state index in [0.717, 1.165) is 5.69 Å². The molecule has 0 aliphatic heterocycles. The van der Waals surface area contributed by atoms with Crippen molar-refractivity contribution in [2.24, 2.45) is 0 Å². The van der Waals surface area contributed by atoms with Crippen LogP contribution in [0.15, 0.2) is 54.7 Å². The number of Topliss-reactive ketones (excluding diaryl/α,β-unsaturated/α-hetero) is 1. The highest BCUT2D eigenvalue weighted by Gasteiger charge is 2.07. The molecule has 0 unspecified atom stereocenters. The molecule has 26 heavy (non-hydrogen) atoms. The molecule has 2 N–H and O–H groups in total. The minimum absolute atomic E-state index is 0.0283. The number of hydrogen-bond donors (Lipinski definition) is 2. The van der Waals surface area contributed by atoms with Gasteiger partial charge in [-0.15, -0.1) is 0 Å². The molecule has 0 aliphatic carbocycles. The van der Waals surface area contributed by atoms with Gasteiger partial charge < -0.3 is 15.4 Å². The predicted molar refractivity (Wildman–Crippen MR) is 103 cm³/mol. The van der Waals surface area contributed by atoms with Crippen molar-refractivity contribution in [2.75, 3.05) is 17.7 Å². The van der Waals surface area contributed by atoms with Gasteiger partial charge in [-0.2, -0.15) is 4.98 Å². The van der Waals surface area contributed by atoms with Gasteiger partial charge in [0.25, 0.3) is 0 Å². The first kappa shape index (κ1) is 17.7. The molecule has 1 aromatic heterocycles. The Balaban J connectivity index is 1.78. The van der Waals surface area contributed by atoms with Crippen LogP contribution in [0, 0.1) is 0 Å². The summed E-state index contributed by atoms with van der Waals surface area (Å²) < 4.78 is 5.31. The van der Waals surface area contributed by atoms with Crippen LogP contribution in [0.3, 0.4) is 0 Å². The lowest BCUT2D eigenvalue weighted by atomic mass is 10.1. The van der Waals surface area contributed by atoms with Crippen LogP contribution in [0.4, 0.5) is 23.1 Å². The van der Waals surface area contributed by atoms with E-state index in [2.05, 4.69) is 20.6 Å². The molecular formula is C19H17ClN4O2. The fourth-order valence-corrected chi connectivity index (χ4v) is 2.50. The van der Waals surface area contributed by atoms with E-state index >= 15 is 0 Å². The fourth-order valence-electron chi connectivity index (χ4n) is 2.32. The van der Waals surface area contributed by atoms with Crippen molar-refractivity contribution in [3.05, 3.63) is 65.3 Å². The quantitative estimate of drug-likeness (QED) is 0.607. The molecule has 6 nitrogen and oxygen atoms in total. The van der Waals surface area contributed by atoms with E-state index in [-0.39, 0.29) is 5.78 Å². The van der Waals surface area contributed by atoms with Gasteiger partial charge in [0.1, 0.15) is 11.6 Å². The van der Waals surface area contributed by atoms with Gasteiger partial charge in [0.2, 0.25) is 5.95 Å². The third kappa shape index (κ3) is 4.29. The summed E-state index contributed by atoms with van der Waals surface area (Å²) in [4.78, 5) is 20.0. The fraction of sp³-hybridized carbons (Fsp3) is 0.105. The highest BCUT2D eigenvalue weighted by atomic mass is 35.5. The van der Waals surface area contributed by atoms with Crippen LogP contribution in [0.2, 0.25) is 5.02 Å². The van der Waals surface area contributed by atoms with Gasteiger partial charge in [-0.25, -0.2) is 4.98 Å². The molecule has 3 aromatic rings. The smallest absolute Gasteiger partial charge is 0.229 e. The largest absolute Gasteiger partial charge is 0.495 e. The second kappa shape index (κ2) is 7.84. The highest BCUT2D eigenvalue weighted by molar-refractivity contribution is 6.31. The number of hydrogen-bond acceptors (Lipinski definition) is 6. The molecule has 132 valence electrons. The normalized spacial score (nSPS) is 10.3. The molecule has 0 saturated carbocycles. The van der Waals surface area contributed by atoms with Crippen molar-refractivity contribution in [3.63, 3.8) is 0 Å². The van der Waals surface area contributed by atoms with E-state index < -0.39 is 0 Å². The molecule has 0 aliphatic rings. The minimum atomic E-state index is 0.0283. The average Bonchev–Trinajstić information content (AvgIpc) is 2.63. The van der Waals surface area contributed by atoms with Gasteiger partial charge >= 0.3 is 0 Å². The summed E-state index contributed by atoms with van der Waals surface area (Å²) in [7, 11) is 1.58. The standard InChI is InChI=1S/C19H17ClN4O2/c1-12(25)13-3-6-15(7-4-13)22-18-9-10-21-19(24-18)23-16-11-14(20)5-8-17(16)26-2/h3-11H,1-2H3,(H2,21,22,23,24). The SMILES string of the molecule is COc1ccc(Cl)cc1Nc1nccc(Nc2ccc(C(C)=O)cc2)n1. The van der Waals surface area contributed by atoms with Gasteiger partial charge in [0.05, 0.1) is 12.8 Å². The first-order valence-corrected chi connectivity index (χ1v) is 8.24. The van der Waals surface area contributed by atoms with Crippen molar-refractivity contribution in [2.45, 2.75) is 6.92 Å². The van der Waals surface area contributed by atoms with E-state index in [9.17, 15) is 4.79 Å². The summed E-state index contributed by atoms with van der Waals surface area (Å²) in [6, 6.07) is 14.2. The van der Waals surface area contributed by atoms with Crippen LogP contribution in [0.1, 0.15) is 17.3 Å². The van der Waals surface area contributed by atoms with Crippen molar-refractivity contribution in [1.29, 1.82) is 0 Å². The number of rotatable bonds is 6. The van der Waals surface area contributed by atoms with Gasteiger partial charge in [0.15, 0.2) is 5.78 Å². The molecule has 2 aromatic carbocycles. The molecular weight excluding hydrogens is 352 g/mol. The Bertz CT molecular complexity index is 929. The Morgan fingerprint density at radius 3 is 2.54 bits per heavy atom. The first-order chi connectivity index (χ1) is 12.5. The maximum absolute atomic E-state index is 11.3. The molecule has 0 spiro atoms. The van der Waals surface area contributed by atoms with Crippen molar-refractivity contribution in [1.82, 2.24) is 9.97 Å². The molecule has 0 amide bonds. The van der Waals surface area contributed by atoms with E-state index in [1.54, 1.807) is 49.7 Å². The average molecular weight is 369 g/mol. The number of ether oxygens (including phenoxy) is 1. The maximum Gasteiger partial charge on any atom is 0.229 e. The monoisotopic (exact) mass is 368 g/mol. The number of nitrogens with zero attached hydrogens (tertiary/aromatic N) is 2. The number of methoxy groups -OCH3 is 1. The Morgan fingerprint density at radius 2 is 1.85 bits per heavy atom. The van der Waals surface area contributed by atoms with Crippen LogP contribution in [-0.4, -0.2) is 22.9 Å². The van der Waals surface area contributed by atoms with Gasteiger partial charge in [-0.3, -0.25) is 4.79 Å². The predicted octanol–water partition coefficient (Wildman–Crippen LogP) is 4.83. The maximum atomic E-state index is 11.3. The lowest BCUT2D eigenvalue weighted by Crippen LogP contribution is -2.02. The second-order valence-electron chi connectivity index (χ2n) is 5.49. The van der Waals surface area contributed by atoms with Crippen molar-refractivity contribution >= 4 is 40.5 Å². The molecule has 0 bridgehead atoms. The van der Waals surface area contributed by atoms with Crippen LogP contribution in [-0.2, 0) is 0 Å². The van der Waals surface area contributed by atoms with E-state index in [4.69, 9.17) is 16.3 Å². The summed E-state index contributed by atoms with van der Waals surface area (Å²) in [6.07, 6.45) is 1.64. The zero-order chi connectivity index (χ0) is 18.5. The molecule has 0 atom stereocenters. The minimum Gasteiger partial charge on any atom is -0.495 e. The number of carbonyl (C=O) groups is 1. The van der Waals surface area contributed by atoms with Crippen molar-refractivity contribution in [3.8, 4) is 5.75 Å². The number of benzene rings is 2. The molecule has 0 radical (unpaired) electrons. The number of halogens is 1. The van der Waals surface area contributed by atoms with Gasteiger partial charge in [-0.05, 0) is 55.5 Å². The Hall–Kier alpha value is -3.12. The molecule has 0 saturated heterocycles. The zero-order valence-electron chi connectivity index (χ0n) is 14.3. The van der Waals surface area contributed by atoms with Crippen LogP contribution in [0.5, 0.6) is 5.75 Å². The molecule has 3 rings (SSSR count). The lowest BCUT2D eigenvalue weighted by Gasteiger charge is -2.11. The summed E-state index contributed by atoms with van der Waals surface area (Å²) >= 11 is 6.04. The Morgan fingerprint density at radius 1 is 1.08 bits per heavy atom. The van der Waals surface area contributed by atoms with E-state index in [1.807, 2.05) is 12.1 Å². The van der Waals surface area contributed by atoms with Gasteiger partial charge in [-0.1, -0.05) is 11.6 Å². The van der Waals surface area contributed by atoms with Gasteiger partial charge in [0, 0.05) is 22.5 Å². The summed E-state index contributed by atoms with van der Waals surface area (Å²) in [5.41, 5.74) is 2.15. The number of carbonyl (C=O) groups excluding carboxylic acids is 1. The number of nitrogens with one attached hydrogen (secondary N) is 2. The summed E-state index contributed by atoms with van der Waals surface area (Å²) in [5, 5.41) is 6.85. The summed E-state index contributed by atoms with van der Waals surface area (Å²) in [5.74, 6) is 1.67. The van der Waals surface area contributed by atoms with E-state index in [1.165, 1.54) is 6.92 Å². The molecule has 0 fully saturated rings. The Kier molecular flexibility index (Phi) is 5.34. The number of ketones is 1. The first-order valence-electron chi connectivity index (χ1n) is 7.87. The lowest BCUT2D eigenvalue weighted by molar-refractivity contribution is 0.101. The van der Waals surface area contributed by atoms with Crippen LogP contribution >= 0.6 is 11.6 Å². The third-order valence-electron chi connectivity index (χ3n) is 3.63. The molecule has 1 heterocycles. The topological polar surface area (TPSA) is 76.1 Å². The summed E-state index contributed by atoms with van der Waals surface area (Å²) in [6.45, 7) is 1.54. The van der Waals surface area contributed by atoms with E-state index in [0.29, 0.717) is 33.8 Å². The second-order valence-corrected chi connectivity index (χ2v) is 5.93. The van der Waals surface area contributed by atoms with Crippen molar-refractivity contribution < 1.29 is 9.53 Å². The Labute approximate surface area is 156 Å². The van der Waals surface area contributed by atoms with Crippen LogP contribution in [0.25, 0.3) is 0 Å².